The molecule has 0 aliphatic heterocycles. The molecule has 1 rings (SSSR count). The molecule has 0 saturated heterocycles. The maximum absolute atomic E-state index is 9.08. The highest BCUT2D eigenvalue weighted by molar-refractivity contribution is 5.46. The van der Waals surface area contributed by atoms with Gasteiger partial charge in [-0.1, -0.05) is 5.57 Å². The van der Waals surface area contributed by atoms with E-state index in [1.807, 2.05) is 25.1 Å². The smallest absolute Gasteiger partial charge is 0.126 e. The molecule has 1 atom stereocenters. The average Bonchev–Trinajstić information content (AvgIpc) is 2.53. The zero-order valence-electron chi connectivity index (χ0n) is 8.16. The van der Waals surface area contributed by atoms with Crippen molar-refractivity contribution in [2.24, 2.45) is 0 Å². The summed E-state index contributed by atoms with van der Waals surface area (Å²) in [6.45, 7) is 3.85. The van der Waals surface area contributed by atoms with E-state index in [4.69, 9.17) is 9.52 Å². The number of rotatable bonds is 4. The maximum atomic E-state index is 9.08. The molecule has 1 heterocycles. The van der Waals surface area contributed by atoms with Gasteiger partial charge in [0.1, 0.15) is 5.76 Å². The van der Waals surface area contributed by atoms with E-state index in [2.05, 4.69) is 0 Å². The predicted molar refractivity (Wildman–Crippen MR) is 53.3 cm³/mol. The van der Waals surface area contributed by atoms with Crippen molar-refractivity contribution in [3.05, 3.63) is 29.7 Å². The predicted octanol–water partition coefficient (Wildman–Crippen LogP) is 2.84. The maximum Gasteiger partial charge on any atom is 0.126 e. The number of aliphatic hydroxyl groups is 1. The molecular weight excluding hydrogens is 164 g/mol. The minimum absolute atomic E-state index is 0.222. The highest BCUT2D eigenvalue weighted by atomic mass is 16.3. The molecule has 0 aliphatic carbocycles. The zero-order valence-corrected chi connectivity index (χ0v) is 8.16. The van der Waals surface area contributed by atoms with Crippen LogP contribution in [0.1, 0.15) is 32.4 Å². The molecule has 0 spiro atoms. The van der Waals surface area contributed by atoms with Crippen molar-refractivity contribution < 1.29 is 9.52 Å². The Labute approximate surface area is 78.9 Å². The Balaban J connectivity index is 2.43. The van der Waals surface area contributed by atoms with Crippen molar-refractivity contribution in [3.63, 3.8) is 0 Å². The summed E-state index contributed by atoms with van der Waals surface area (Å²) in [5.74, 6) is 0.878. The number of hydrogen-bond acceptors (Lipinski definition) is 2. The lowest BCUT2D eigenvalue weighted by molar-refractivity contribution is 0.185. The number of aliphatic hydroxyl groups excluding tert-OH is 1. The first-order valence-corrected chi connectivity index (χ1v) is 4.57. The number of hydrogen-bond donors (Lipinski definition) is 1. The third-order valence-electron chi connectivity index (χ3n) is 1.89. The molecular formula is C11H16O2. The molecule has 0 unspecified atom stereocenters. The number of allylic oxidation sites excluding steroid dienone is 1. The molecule has 0 bridgehead atoms. The molecule has 0 amide bonds. The summed E-state index contributed by atoms with van der Waals surface area (Å²) < 4.78 is 5.17. The van der Waals surface area contributed by atoms with Gasteiger partial charge in [0, 0.05) is 0 Å². The van der Waals surface area contributed by atoms with Crippen molar-refractivity contribution in [2.45, 2.75) is 32.8 Å². The normalized spacial score (nSPS) is 14.5. The minimum atomic E-state index is -0.222. The zero-order chi connectivity index (χ0) is 9.68. The first kappa shape index (κ1) is 10.1. The second-order valence-electron chi connectivity index (χ2n) is 3.39. The SMILES string of the molecule is C/C(=C\c1ccco1)CC[C@@H](C)O. The van der Waals surface area contributed by atoms with Crippen LogP contribution in [0, 0.1) is 0 Å². The van der Waals surface area contributed by atoms with E-state index in [0.717, 1.165) is 18.6 Å². The molecule has 0 saturated carbocycles. The highest BCUT2D eigenvalue weighted by Gasteiger charge is 1.97. The Hall–Kier alpha value is -1.02. The second-order valence-corrected chi connectivity index (χ2v) is 3.39. The molecule has 1 aromatic rings. The van der Waals surface area contributed by atoms with Crippen LogP contribution in [0.5, 0.6) is 0 Å². The lowest BCUT2D eigenvalue weighted by atomic mass is 10.1. The van der Waals surface area contributed by atoms with E-state index in [1.54, 1.807) is 13.2 Å². The summed E-state index contributed by atoms with van der Waals surface area (Å²) in [6.07, 6.45) is 5.16. The fourth-order valence-corrected chi connectivity index (χ4v) is 1.12. The molecule has 2 nitrogen and oxygen atoms in total. The lowest BCUT2D eigenvalue weighted by Crippen LogP contribution is -1.98. The van der Waals surface area contributed by atoms with Crippen LogP contribution in [-0.4, -0.2) is 11.2 Å². The first-order valence-electron chi connectivity index (χ1n) is 4.57. The van der Waals surface area contributed by atoms with Crippen molar-refractivity contribution in [1.82, 2.24) is 0 Å². The highest BCUT2D eigenvalue weighted by Crippen LogP contribution is 2.12. The van der Waals surface area contributed by atoms with Gasteiger partial charge in [-0.3, -0.25) is 0 Å². The average molecular weight is 180 g/mol. The van der Waals surface area contributed by atoms with Crippen molar-refractivity contribution in [3.8, 4) is 0 Å². The summed E-state index contributed by atoms with van der Waals surface area (Å²) in [6, 6.07) is 3.79. The van der Waals surface area contributed by atoms with Gasteiger partial charge >= 0.3 is 0 Å². The molecule has 2 heteroatoms. The van der Waals surface area contributed by atoms with Crippen LogP contribution >= 0.6 is 0 Å². The molecule has 13 heavy (non-hydrogen) atoms. The third-order valence-corrected chi connectivity index (χ3v) is 1.89. The van der Waals surface area contributed by atoms with Crippen molar-refractivity contribution >= 4 is 6.08 Å². The topological polar surface area (TPSA) is 33.4 Å². The Morgan fingerprint density at radius 2 is 2.46 bits per heavy atom. The summed E-state index contributed by atoms with van der Waals surface area (Å²) in [5, 5.41) is 9.08. The summed E-state index contributed by atoms with van der Waals surface area (Å²) in [5.41, 5.74) is 1.23. The first-order chi connectivity index (χ1) is 6.18. The van der Waals surface area contributed by atoms with Crippen molar-refractivity contribution in [1.29, 1.82) is 0 Å². The fourth-order valence-electron chi connectivity index (χ4n) is 1.12. The summed E-state index contributed by atoms with van der Waals surface area (Å²) in [4.78, 5) is 0. The Kier molecular flexibility index (Phi) is 3.77. The summed E-state index contributed by atoms with van der Waals surface area (Å²) >= 11 is 0. The van der Waals surface area contributed by atoms with E-state index in [0.29, 0.717) is 0 Å². The van der Waals surface area contributed by atoms with Gasteiger partial charge in [0.05, 0.1) is 12.4 Å². The Bertz CT molecular complexity index is 258. The largest absolute Gasteiger partial charge is 0.465 e. The van der Waals surface area contributed by atoms with Crippen LogP contribution in [-0.2, 0) is 0 Å². The van der Waals surface area contributed by atoms with Gasteiger partial charge in [0.25, 0.3) is 0 Å². The van der Waals surface area contributed by atoms with Crippen LogP contribution in [0.2, 0.25) is 0 Å². The minimum Gasteiger partial charge on any atom is -0.465 e. The van der Waals surface area contributed by atoms with Crippen molar-refractivity contribution in [2.75, 3.05) is 0 Å². The van der Waals surface area contributed by atoms with E-state index in [-0.39, 0.29) is 6.10 Å². The van der Waals surface area contributed by atoms with Gasteiger partial charge < -0.3 is 9.52 Å². The van der Waals surface area contributed by atoms with Gasteiger partial charge in [-0.05, 0) is 44.9 Å². The third kappa shape index (κ3) is 3.95. The molecule has 0 radical (unpaired) electrons. The van der Waals surface area contributed by atoms with Gasteiger partial charge in [-0.25, -0.2) is 0 Å². The fraction of sp³-hybridized carbons (Fsp3) is 0.455. The molecule has 1 aromatic heterocycles. The van der Waals surface area contributed by atoms with Crippen LogP contribution in [0.25, 0.3) is 6.08 Å². The Morgan fingerprint density at radius 3 is 3.00 bits per heavy atom. The Morgan fingerprint density at radius 1 is 1.69 bits per heavy atom. The van der Waals surface area contributed by atoms with Crippen LogP contribution in [0.4, 0.5) is 0 Å². The standard InChI is InChI=1S/C11H16O2/c1-9(5-6-10(2)12)8-11-4-3-7-13-11/h3-4,7-8,10,12H,5-6H2,1-2H3/b9-8+/t10-/m1/s1. The summed E-state index contributed by atoms with van der Waals surface area (Å²) in [7, 11) is 0. The number of furan rings is 1. The molecule has 0 aromatic carbocycles. The molecule has 0 aliphatic rings. The van der Waals surface area contributed by atoms with Gasteiger partial charge in [0.15, 0.2) is 0 Å². The lowest BCUT2D eigenvalue weighted by Gasteiger charge is -2.03. The second kappa shape index (κ2) is 4.87. The van der Waals surface area contributed by atoms with Gasteiger partial charge in [0.2, 0.25) is 0 Å². The monoisotopic (exact) mass is 180 g/mol. The molecule has 1 N–H and O–H groups in total. The van der Waals surface area contributed by atoms with Gasteiger partial charge in [-0.2, -0.15) is 0 Å². The van der Waals surface area contributed by atoms with Gasteiger partial charge in [-0.15, -0.1) is 0 Å². The van der Waals surface area contributed by atoms with Crippen LogP contribution in [0.15, 0.2) is 28.4 Å². The molecule has 0 fully saturated rings. The van der Waals surface area contributed by atoms with E-state index in [9.17, 15) is 0 Å². The van der Waals surface area contributed by atoms with E-state index >= 15 is 0 Å². The van der Waals surface area contributed by atoms with E-state index < -0.39 is 0 Å². The molecule has 72 valence electrons. The quantitative estimate of drug-likeness (QED) is 0.772. The van der Waals surface area contributed by atoms with Crippen LogP contribution in [0.3, 0.4) is 0 Å². The van der Waals surface area contributed by atoms with E-state index in [1.165, 1.54) is 5.57 Å². The van der Waals surface area contributed by atoms with Crippen LogP contribution < -0.4 is 0 Å².